The largest absolute Gasteiger partial charge is 0.357 e. The fourth-order valence-electron chi connectivity index (χ4n) is 3.49. The highest BCUT2D eigenvalue weighted by Gasteiger charge is 2.19. The first kappa shape index (κ1) is 18.2. The molecule has 0 saturated carbocycles. The quantitative estimate of drug-likeness (QED) is 0.399. The van der Waals surface area contributed by atoms with Gasteiger partial charge >= 0.3 is 5.69 Å². The zero-order valence-electron chi connectivity index (χ0n) is 16.0. The van der Waals surface area contributed by atoms with E-state index in [4.69, 9.17) is 11.6 Å². The van der Waals surface area contributed by atoms with E-state index in [1.54, 1.807) is 24.7 Å². The van der Waals surface area contributed by atoms with E-state index in [9.17, 15) is 9.59 Å². The third kappa shape index (κ3) is 2.78. The Morgan fingerprint density at radius 2 is 2.00 bits per heavy atom. The number of halogens is 1. The second-order valence-corrected chi connectivity index (χ2v) is 7.32. The minimum absolute atomic E-state index is 0.0871. The van der Waals surface area contributed by atoms with E-state index in [0.29, 0.717) is 28.1 Å². The van der Waals surface area contributed by atoms with E-state index in [0.717, 1.165) is 10.9 Å². The summed E-state index contributed by atoms with van der Waals surface area (Å²) < 4.78 is 4.11. The molecule has 11 nitrogen and oxygen atoms in total. The number of nitrogens with zero attached hydrogens (tertiary/aromatic N) is 6. The molecule has 0 aliphatic heterocycles. The summed E-state index contributed by atoms with van der Waals surface area (Å²) in [5, 5.41) is 10.9. The molecule has 0 radical (unpaired) electrons. The monoisotopic (exact) mass is 425 g/mol. The molecule has 0 saturated heterocycles. The molecule has 0 bridgehead atoms. The van der Waals surface area contributed by atoms with Gasteiger partial charge in [0.05, 0.1) is 6.54 Å². The number of imidazole rings is 1. The fourth-order valence-corrected chi connectivity index (χ4v) is 3.67. The number of nitrogens with one attached hydrogen (secondary N) is 3. The van der Waals surface area contributed by atoms with Crippen molar-refractivity contribution in [3.05, 3.63) is 62.1 Å². The standard InChI is InChI=1S/C18H16ClN9O2/c1-26-13-14(23-17(26)24-16-20-8-21-25-16)27(2)18(30)28(15(13)29)7-11-6-9-5-10(19)3-4-12(9)22-11/h3-6,8,22H,7H2,1-2H3,(H2,20,21,23,24,25). The van der Waals surface area contributed by atoms with Gasteiger partial charge in [0.25, 0.3) is 5.56 Å². The Morgan fingerprint density at radius 3 is 2.77 bits per heavy atom. The molecule has 152 valence electrons. The number of hydrogen-bond acceptors (Lipinski definition) is 6. The maximum absolute atomic E-state index is 13.2. The van der Waals surface area contributed by atoms with E-state index in [2.05, 4.69) is 30.5 Å². The lowest BCUT2D eigenvalue weighted by Gasteiger charge is -2.07. The number of aryl methyl sites for hydroxylation is 2. The molecule has 4 aromatic heterocycles. The summed E-state index contributed by atoms with van der Waals surface area (Å²) in [5.74, 6) is 0.724. The normalized spacial score (nSPS) is 11.6. The average molecular weight is 426 g/mol. The van der Waals surface area contributed by atoms with Crippen molar-refractivity contribution in [2.75, 3.05) is 5.32 Å². The van der Waals surface area contributed by atoms with Crippen molar-refractivity contribution in [3.8, 4) is 0 Å². The molecule has 0 amide bonds. The van der Waals surface area contributed by atoms with Gasteiger partial charge in [-0.2, -0.15) is 15.1 Å². The first-order valence-corrected chi connectivity index (χ1v) is 9.36. The second-order valence-electron chi connectivity index (χ2n) is 6.88. The summed E-state index contributed by atoms with van der Waals surface area (Å²) in [5.41, 5.74) is 1.25. The summed E-state index contributed by atoms with van der Waals surface area (Å²) in [4.78, 5) is 37.7. The van der Waals surface area contributed by atoms with Gasteiger partial charge in [0.2, 0.25) is 11.9 Å². The lowest BCUT2D eigenvalue weighted by molar-refractivity contribution is 0.648. The van der Waals surface area contributed by atoms with E-state index in [1.807, 2.05) is 18.2 Å². The summed E-state index contributed by atoms with van der Waals surface area (Å²) >= 11 is 6.05. The van der Waals surface area contributed by atoms with Crippen molar-refractivity contribution >= 4 is 45.6 Å². The van der Waals surface area contributed by atoms with Crippen LogP contribution in [0.2, 0.25) is 5.02 Å². The van der Waals surface area contributed by atoms with E-state index in [1.165, 1.54) is 15.5 Å². The lowest BCUT2D eigenvalue weighted by Crippen LogP contribution is -2.39. The highest BCUT2D eigenvalue weighted by molar-refractivity contribution is 6.31. The number of hydrogen-bond donors (Lipinski definition) is 3. The fraction of sp³-hybridized carbons (Fsp3) is 0.167. The van der Waals surface area contributed by atoms with Gasteiger partial charge in [0.15, 0.2) is 11.2 Å². The maximum atomic E-state index is 13.2. The van der Waals surface area contributed by atoms with Crippen LogP contribution < -0.4 is 16.6 Å². The first-order valence-electron chi connectivity index (χ1n) is 8.98. The Hall–Kier alpha value is -3.86. The van der Waals surface area contributed by atoms with Crippen LogP contribution in [0.25, 0.3) is 22.1 Å². The molecule has 3 N–H and O–H groups in total. The third-order valence-electron chi connectivity index (χ3n) is 4.97. The van der Waals surface area contributed by atoms with Crippen LogP contribution in [0.15, 0.2) is 40.2 Å². The van der Waals surface area contributed by atoms with Gasteiger partial charge < -0.3 is 9.55 Å². The lowest BCUT2D eigenvalue weighted by atomic mass is 10.2. The summed E-state index contributed by atoms with van der Waals surface area (Å²) in [6.07, 6.45) is 1.35. The Labute approximate surface area is 173 Å². The predicted octanol–water partition coefficient (Wildman–Crippen LogP) is 1.48. The van der Waals surface area contributed by atoms with Crippen molar-refractivity contribution in [3.63, 3.8) is 0 Å². The van der Waals surface area contributed by atoms with E-state index < -0.39 is 11.2 Å². The number of benzene rings is 1. The van der Waals surface area contributed by atoms with Crippen molar-refractivity contribution in [1.82, 2.24) is 38.9 Å². The van der Waals surface area contributed by atoms with Gasteiger partial charge in [-0.05, 0) is 24.3 Å². The van der Waals surface area contributed by atoms with Gasteiger partial charge in [-0.25, -0.2) is 9.89 Å². The van der Waals surface area contributed by atoms with Crippen molar-refractivity contribution in [2.45, 2.75) is 6.54 Å². The highest BCUT2D eigenvalue weighted by Crippen LogP contribution is 2.21. The van der Waals surface area contributed by atoms with Gasteiger partial charge in [0.1, 0.15) is 6.33 Å². The molecule has 0 aliphatic carbocycles. The van der Waals surface area contributed by atoms with Crippen molar-refractivity contribution < 1.29 is 0 Å². The Bertz CT molecular complexity index is 1520. The van der Waals surface area contributed by atoms with E-state index in [-0.39, 0.29) is 12.2 Å². The second kappa shape index (κ2) is 6.59. The Balaban J connectivity index is 1.63. The van der Waals surface area contributed by atoms with Crippen LogP contribution in [-0.2, 0) is 20.6 Å². The summed E-state index contributed by atoms with van der Waals surface area (Å²) in [6.45, 7) is 0.0871. The van der Waals surface area contributed by atoms with Gasteiger partial charge in [-0.15, -0.1) is 0 Å². The number of rotatable bonds is 4. The topological polar surface area (TPSA) is 131 Å². The molecule has 30 heavy (non-hydrogen) atoms. The minimum Gasteiger partial charge on any atom is -0.357 e. The van der Waals surface area contributed by atoms with Crippen LogP contribution in [0.1, 0.15) is 5.69 Å². The molecule has 5 aromatic rings. The van der Waals surface area contributed by atoms with Crippen LogP contribution in [0, 0.1) is 0 Å². The molecule has 12 heteroatoms. The van der Waals surface area contributed by atoms with Gasteiger partial charge in [-0.3, -0.25) is 19.2 Å². The SMILES string of the molecule is Cn1c(Nc2ncn[nH]2)nc2c1c(=O)n(Cc1cc3cc(Cl)ccc3[nH]1)c(=O)n2C. The van der Waals surface area contributed by atoms with Gasteiger partial charge in [-0.1, -0.05) is 11.6 Å². The predicted molar refractivity (Wildman–Crippen MR) is 112 cm³/mol. The van der Waals surface area contributed by atoms with Crippen molar-refractivity contribution in [1.29, 1.82) is 0 Å². The van der Waals surface area contributed by atoms with Crippen LogP contribution in [0.4, 0.5) is 11.9 Å². The number of fused-ring (bicyclic) bond motifs is 2. The molecule has 0 atom stereocenters. The highest BCUT2D eigenvalue weighted by atomic mass is 35.5. The number of aromatic amines is 2. The summed E-state index contributed by atoms with van der Waals surface area (Å²) in [7, 11) is 3.27. The van der Waals surface area contributed by atoms with Crippen LogP contribution in [0.5, 0.6) is 0 Å². The first-order chi connectivity index (χ1) is 14.4. The summed E-state index contributed by atoms with van der Waals surface area (Å²) in [6, 6.07) is 7.33. The molecule has 0 spiro atoms. The zero-order valence-corrected chi connectivity index (χ0v) is 16.7. The number of anilines is 2. The van der Waals surface area contributed by atoms with Crippen molar-refractivity contribution in [2.24, 2.45) is 14.1 Å². The van der Waals surface area contributed by atoms with Crippen LogP contribution >= 0.6 is 11.6 Å². The minimum atomic E-state index is -0.464. The third-order valence-corrected chi connectivity index (χ3v) is 5.21. The smallest absolute Gasteiger partial charge is 0.332 e. The van der Waals surface area contributed by atoms with E-state index >= 15 is 0 Å². The Kier molecular flexibility index (Phi) is 4.00. The molecule has 0 aliphatic rings. The average Bonchev–Trinajstić information content (AvgIpc) is 3.43. The molecular weight excluding hydrogens is 410 g/mol. The molecule has 4 heterocycles. The van der Waals surface area contributed by atoms with Gasteiger partial charge in [0, 0.05) is 35.7 Å². The molecule has 5 rings (SSSR count). The molecule has 0 unspecified atom stereocenters. The number of H-pyrrole nitrogens is 2. The van der Waals surface area contributed by atoms with Crippen LogP contribution in [0.3, 0.4) is 0 Å². The molecular formula is C18H16ClN9O2. The molecule has 0 fully saturated rings. The number of aromatic nitrogens is 8. The van der Waals surface area contributed by atoms with Crippen LogP contribution in [-0.4, -0.2) is 38.9 Å². The maximum Gasteiger partial charge on any atom is 0.332 e. The molecule has 1 aromatic carbocycles. The zero-order chi connectivity index (χ0) is 21.0. The Morgan fingerprint density at radius 1 is 1.17 bits per heavy atom.